The molecule has 1 unspecified atom stereocenters. The zero-order valence-electron chi connectivity index (χ0n) is 11.7. The molecule has 0 spiro atoms. The minimum Gasteiger partial charge on any atom is -0.492 e. The van der Waals surface area contributed by atoms with Crippen LogP contribution in [0.5, 0.6) is 11.5 Å². The van der Waals surface area contributed by atoms with Gasteiger partial charge in [-0.05, 0) is 41.1 Å². The van der Waals surface area contributed by atoms with Crippen LogP contribution in [0.1, 0.15) is 6.92 Å². The predicted molar refractivity (Wildman–Crippen MR) is 75.7 cm³/mol. The molecule has 1 aromatic rings. The molecule has 1 aromatic carbocycles. The highest BCUT2D eigenvalue weighted by Gasteiger charge is 2.31. The van der Waals surface area contributed by atoms with Gasteiger partial charge in [0, 0.05) is 19.7 Å². The highest BCUT2D eigenvalue weighted by atomic mass is 79.9. The van der Waals surface area contributed by atoms with Gasteiger partial charge >= 0.3 is 6.36 Å². The number of methoxy groups -OCH3 is 1. The molecular weight excluding hydrogens is 355 g/mol. The lowest BCUT2D eigenvalue weighted by Crippen LogP contribution is -2.33. The lowest BCUT2D eigenvalue weighted by molar-refractivity contribution is -0.274. The Kier molecular flexibility index (Phi) is 7.27. The summed E-state index contributed by atoms with van der Waals surface area (Å²) in [5, 5.41) is 3.18. The molecule has 0 aliphatic carbocycles. The number of hydrogen-bond donors (Lipinski definition) is 1. The quantitative estimate of drug-likeness (QED) is 0.711. The fourth-order valence-electron chi connectivity index (χ4n) is 1.56. The van der Waals surface area contributed by atoms with E-state index >= 15 is 0 Å². The smallest absolute Gasteiger partial charge is 0.492 e. The molecule has 0 aliphatic heterocycles. The van der Waals surface area contributed by atoms with Crippen LogP contribution in [0.3, 0.4) is 0 Å². The van der Waals surface area contributed by atoms with Crippen molar-refractivity contribution in [3.05, 3.63) is 22.7 Å². The molecule has 0 saturated heterocycles. The largest absolute Gasteiger partial charge is 0.573 e. The van der Waals surface area contributed by atoms with E-state index in [1.165, 1.54) is 18.2 Å². The van der Waals surface area contributed by atoms with Gasteiger partial charge in [0.25, 0.3) is 0 Å². The molecule has 8 heteroatoms. The summed E-state index contributed by atoms with van der Waals surface area (Å²) in [7, 11) is 1.62. The Hall–Kier alpha value is -0.990. The molecule has 0 heterocycles. The minimum absolute atomic E-state index is 0.179. The Morgan fingerprint density at radius 1 is 1.33 bits per heavy atom. The van der Waals surface area contributed by atoms with Crippen molar-refractivity contribution in [1.29, 1.82) is 0 Å². The molecule has 1 rings (SSSR count). The van der Waals surface area contributed by atoms with Gasteiger partial charge in [0.1, 0.15) is 18.1 Å². The normalized spacial score (nSPS) is 13.0. The molecule has 0 bridgehead atoms. The summed E-state index contributed by atoms with van der Waals surface area (Å²) in [4.78, 5) is 0. The molecule has 4 nitrogen and oxygen atoms in total. The molecule has 0 radical (unpaired) electrons. The second-order valence-corrected chi connectivity index (χ2v) is 5.15. The van der Waals surface area contributed by atoms with Crippen LogP contribution >= 0.6 is 15.9 Å². The van der Waals surface area contributed by atoms with Crippen LogP contribution in [0, 0.1) is 0 Å². The first kappa shape index (κ1) is 18.1. The van der Waals surface area contributed by atoms with Crippen molar-refractivity contribution in [1.82, 2.24) is 5.32 Å². The van der Waals surface area contributed by atoms with Crippen LogP contribution in [0.15, 0.2) is 22.7 Å². The van der Waals surface area contributed by atoms with E-state index in [-0.39, 0.29) is 16.3 Å². The molecule has 0 saturated carbocycles. The number of alkyl halides is 3. The number of ether oxygens (including phenoxy) is 3. The first-order chi connectivity index (χ1) is 9.81. The number of nitrogens with one attached hydrogen (secondary N) is 1. The Labute approximate surface area is 129 Å². The van der Waals surface area contributed by atoms with Gasteiger partial charge in [-0.2, -0.15) is 0 Å². The van der Waals surface area contributed by atoms with Crippen molar-refractivity contribution in [2.24, 2.45) is 0 Å². The highest BCUT2D eigenvalue weighted by Crippen LogP contribution is 2.33. The second-order valence-electron chi connectivity index (χ2n) is 4.30. The summed E-state index contributed by atoms with van der Waals surface area (Å²) in [6.45, 7) is 3.56. The van der Waals surface area contributed by atoms with Crippen LogP contribution in [-0.2, 0) is 4.74 Å². The maximum absolute atomic E-state index is 12.1. The Morgan fingerprint density at radius 3 is 2.62 bits per heavy atom. The average Bonchev–Trinajstić information content (AvgIpc) is 2.37. The van der Waals surface area contributed by atoms with Gasteiger partial charge in [-0.1, -0.05) is 0 Å². The number of benzene rings is 1. The first-order valence-corrected chi connectivity index (χ1v) is 7.01. The lowest BCUT2D eigenvalue weighted by atomic mass is 10.3. The molecule has 21 heavy (non-hydrogen) atoms. The third-order valence-electron chi connectivity index (χ3n) is 2.41. The summed E-state index contributed by atoms with van der Waals surface area (Å²) < 4.78 is 50.8. The van der Waals surface area contributed by atoms with Gasteiger partial charge in [-0.3, -0.25) is 0 Å². The van der Waals surface area contributed by atoms with E-state index in [9.17, 15) is 13.2 Å². The third-order valence-corrected chi connectivity index (χ3v) is 3.03. The third kappa shape index (κ3) is 7.54. The maximum Gasteiger partial charge on any atom is 0.573 e. The van der Waals surface area contributed by atoms with E-state index in [0.717, 1.165) is 0 Å². The number of rotatable bonds is 8. The van der Waals surface area contributed by atoms with E-state index in [1.54, 1.807) is 7.11 Å². The van der Waals surface area contributed by atoms with E-state index in [1.807, 2.05) is 6.92 Å². The van der Waals surface area contributed by atoms with Crippen LogP contribution < -0.4 is 14.8 Å². The highest BCUT2D eigenvalue weighted by molar-refractivity contribution is 9.10. The van der Waals surface area contributed by atoms with Crippen molar-refractivity contribution < 1.29 is 27.4 Å². The maximum atomic E-state index is 12.1. The summed E-state index contributed by atoms with van der Waals surface area (Å²) in [5.74, 6) is 0.152. The van der Waals surface area contributed by atoms with Gasteiger partial charge in [-0.25, -0.2) is 0 Å². The summed E-state index contributed by atoms with van der Waals surface area (Å²) >= 11 is 3.02. The Morgan fingerprint density at radius 2 is 2.05 bits per heavy atom. The van der Waals surface area contributed by atoms with Gasteiger partial charge in [0.15, 0.2) is 0 Å². The molecular formula is C13H17BrF3NO3. The van der Waals surface area contributed by atoms with E-state index in [4.69, 9.17) is 9.47 Å². The summed E-state index contributed by atoms with van der Waals surface area (Å²) in [6.07, 6.45) is -4.72. The molecule has 1 atom stereocenters. The fourth-order valence-corrected chi connectivity index (χ4v) is 2.00. The van der Waals surface area contributed by atoms with Crippen molar-refractivity contribution in [3.63, 3.8) is 0 Å². The van der Waals surface area contributed by atoms with E-state index in [0.29, 0.717) is 25.5 Å². The molecule has 0 amide bonds. The Bertz CT molecular complexity index is 443. The van der Waals surface area contributed by atoms with Crippen LogP contribution in [0.2, 0.25) is 0 Å². The number of halogens is 4. The Balaban J connectivity index is 2.42. The van der Waals surface area contributed by atoms with Crippen molar-refractivity contribution in [3.8, 4) is 11.5 Å². The monoisotopic (exact) mass is 371 g/mol. The first-order valence-electron chi connectivity index (χ1n) is 6.22. The molecule has 0 fully saturated rings. The van der Waals surface area contributed by atoms with Crippen molar-refractivity contribution in [2.45, 2.75) is 19.3 Å². The van der Waals surface area contributed by atoms with Crippen LogP contribution in [0.4, 0.5) is 13.2 Å². The van der Waals surface area contributed by atoms with Crippen molar-refractivity contribution >= 4 is 15.9 Å². The molecule has 0 aliphatic rings. The number of hydrogen-bond acceptors (Lipinski definition) is 4. The minimum atomic E-state index is -4.72. The van der Waals surface area contributed by atoms with Crippen LogP contribution in [-0.4, -0.2) is 39.3 Å². The SMILES string of the molecule is COCC(C)NCCOc1ccc(OC(F)(F)F)c(Br)c1. The topological polar surface area (TPSA) is 39.7 Å². The predicted octanol–water partition coefficient (Wildman–Crippen LogP) is 3.35. The summed E-state index contributed by atoms with van der Waals surface area (Å²) in [5.41, 5.74) is 0. The van der Waals surface area contributed by atoms with Gasteiger partial charge in [0.05, 0.1) is 11.1 Å². The van der Waals surface area contributed by atoms with E-state index < -0.39 is 6.36 Å². The van der Waals surface area contributed by atoms with Gasteiger partial charge in [0.2, 0.25) is 0 Å². The zero-order chi connectivity index (χ0) is 15.9. The molecule has 0 aromatic heterocycles. The van der Waals surface area contributed by atoms with Gasteiger partial charge < -0.3 is 19.5 Å². The fraction of sp³-hybridized carbons (Fsp3) is 0.538. The zero-order valence-corrected chi connectivity index (χ0v) is 13.3. The average molecular weight is 372 g/mol. The molecule has 120 valence electrons. The molecule has 1 N–H and O–H groups in total. The van der Waals surface area contributed by atoms with Crippen LogP contribution in [0.25, 0.3) is 0 Å². The standard InChI is InChI=1S/C13H17BrF3NO3/c1-9(8-19-2)18-5-6-20-10-3-4-12(11(14)7-10)21-13(15,16)17/h3-4,7,9,18H,5-6,8H2,1-2H3. The lowest BCUT2D eigenvalue weighted by Gasteiger charge is -2.14. The second kappa shape index (κ2) is 8.45. The van der Waals surface area contributed by atoms with E-state index in [2.05, 4.69) is 26.0 Å². The van der Waals surface area contributed by atoms with Gasteiger partial charge in [-0.15, -0.1) is 13.2 Å². The van der Waals surface area contributed by atoms with Crippen molar-refractivity contribution in [2.75, 3.05) is 26.9 Å². The summed E-state index contributed by atoms with van der Waals surface area (Å²) in [6, 6.07) is 4.26.